The average Bonchev–Trinajstić information content (AvgIpc) is 2.18. The van der Waals surface area contributed by atoms with Crippen LogP contribution in [0.1, 0.15) is 37.6 Å². The summed E-state index contributed by atoms with van der Waals surface area (Å²) >= 11 is 3.38. The van der Waals surface area contributed by atoms with Gasteiger partial charge in [0, 0.05) is 17.6 Å². The molecule has 82 valence electrons. The lowest BCUT2D eigenvalue weighted by Crippen LogP contribution is -2.09. The van der Waals surface area contributed by atoms with Crippen molar-refractivity contribution in [2.45, 2.75) is 33.3 Å². The van der Waals surface area contributed by atoms with Gasteiger partial charge in [-0.25, -0.2) is 0 Å². The van der Waals surface area contributed by atoms with Crippen LogP contribution in [0.2, 0.25) is 0 Å². The lowest BCUT2D eigenvalue weighted by Gasteiger charge is -2.15. The number of ether oxygens (including phenoxy) is 1. The number of hydrogen-bond acceptors (Lipinski definition) is 3. The summed E-state index contributed by atoms with van der Waals surface area (Å²) in [6.07, 6.45) is 2.22. The molecule has 0 bridgehead atoms. The summed E-state index contributed by atoms with van der Waals surface area (Å²) < 4.78 is 6.13. The van der Waals surface area contributed by atoms with E-state index in [1.807, 2.05) is 19.9 Å². The summed E-state index contributed by atoms with van der Waals surface area (Å²) in [7, 11) is 0. The Morgan fingerprint density at radius 3 is 2.80 bits per heavy atom. The number of carbonyl (C=O) groups is 1. The first-order chi connectivity index (χ1) is 7.04. The van der Waals surface area contributed by atoms with Crippen LogP contribution in [-0.2, 0) is 9.53 Å². The highest BCUT2D eigenvalue weighted by atomic mass is 79.9. The fourth-order valence-corrected chi connectivity index (χ4v) is 1.51. The molecular weight excluding hydrogens is 258 g/mol. The monoisotopic (exact) mass is 271 g/mol. The number of halogens is 1. The Kier molecular flexibility index (Phi) is 4.27. The van der Waals surface area contributed by atoms with Crippen LogP contribution in [0, 0.1) is 6.92 Å². The number of pyridine rings is 1. The summed E-state index contributed by atoms with van der Waals surface area (Å²) in [4.78, 5) is 15.1. The van der Waals surface area contributed by atoms with Crippen molar-refractivity contribution in [3.8, 4) is 0 Å². The van der Waals surface area contributed by atoms with Crippen LogP contribution in [0.3, 0.4) is 0 Å². The van der Waals surface area contributed by atoms with Crippen LogP contribution >= 0.6 is 15.9 Å². The van der Waals surface area contributed by atoms with Gasteiger partial charge in [0.15, 0.2) is 0 Å². The number of aryl methyl sites for hydroxylation is 1. The molecular formula is C11H14BrNO2. The van der Waals surface area contributed by atoms with Crippen molar-refractivity contribution < 1.29 is 9.53 Å². The van der Waals surface area contributed by atoms with E-state index in [1.54, 1.807) is 6.20 Å². The van der Waals surface area contributed by atoms with Crippen LogP contribution in [0.25, 0.3) is 0 Å². The highest BCUT2D eigenvalue weighted by molar-refractivity contribution is 9.10. The molecule has 0 radical (unpaired) electrons. The predicted molar refractivity (Wildman–Crippen MR) is 61.5 cm³/mol. The van der Waals surface area contributed by atoms with Crippen molar-refractivity contribution in [1.82, 2.24) is 4.98 Å². The SMILES string of the molecule is CCC(OC(C)=O)c1cc(C)c(Br)cn1. The van der Waals surface area contributed by atoms with Gasteiger partial charge in [-0.1, -0.05) is 6.92 Å². The Balaban J connectivity index is 2.92. The van der Waals surface area contributed by atoms with Gasteiger partial charge >= 0.3 is 5.97 Å². The summed E-state index contributed by atoms with van der Waals surface area (Å²) in [5, 5.41) is 0. The predicted octanol–water partition coefficient (Wildman–Crippen LogP) is 3.17. The third kappa shape index (κ3) is 3.30. The number of nitrogens with zero attached hydrogens (tertiary/aromatic N) is 1. The molecule has 1 unspecified atom stereocenters. The molecule has 0 aliphatic heterocycles. The summed E-state index contributed by atoms with van der Waals surface area (Å²) in [5.74, 6) is -0.274. The Morgan fingerprint density at radius 1 is 1.67 bits per heavy atom. The van der Waals surface area contributed by atoms with Gasteiger partial charge in [-0.15, -0.1) is 0 Å². The van der Waals surface area contributed by atoms with E-state index in [-0.39, 0.29) is 12.1 Å². The Morgan fingerprint density at radius 2 is 2.33 bits per heavy atom. The molecule has 1 aromatic heterocycles. The standard InChI is InChI=1S/C11H14BrNO2/c1-4-11(15-8(3)14)10-5-7(2)9(12)6-13-10/h5-6,11H,4H2,1-3H3. The summed E-state index contributed by atoms with van der Waals surface area (Å²) in [6, 6.07) is 1.93. The van der Waals surface area contributed by atoms with Gasteiger partial charge in [0.1, 0.15) is 6.10 Å². The molecule has 0 N–H and O–H groups in total. The smallest absolute Gasteiger partial charge is 0.303 e. The Bertz CT molecular complexity index is 366. The molecule has 0 spiro atoms. The van der Waals surface area contributed by atoms with Crippen molar-refractivity contribution in [2.75, 3.05) is 0 Å². The lowest BCUT2D eigenvalue weighted by molar-refractivity contribution is -0.147. The van der Waals surface area contributed by atoms with Gasteiger partial charge < -0.3 is 4.74 Å². The molecule has 0 saturated carbocycles. The molecule has 0 aromatic carbocycles. The molecule has 1 heterocycles. The van der Waals surface area contributed by atoms with Crippen LogP contribution < -0.4 is 0 Å². The highest BCUT2D eigenvalue weighted by Gasteiger charge is 2.14. The number of aromatic nitrogens is 1. The maximum atomic E-state index is 10.9. The van der Waals surface area contributed by atoms with Crippen molar-refractivity contribution in [1.29, 1.82) is 0 Å². The van der Waals surface area contributed by atoms with E-state index in [2.05, 4.69) is 20.9 Å². The summed E-state index contributed by atoms with van der Waals surface area (Å²) in [6.45, 7) is 5.36. The van der Waals surface area contributed by atoms with Crippen molar-refractivity contribution in [3.05, 3.63) is 28.0 Å². The number of carbonyl (C=O) groups excluding carboxylic acids is 1. The largest absolute Gasteiger partial charge is 0.456 e. The molecule has 0 saturated heterocycles. The first-order valence-electron chi connectivity index (χ1n) is 4.83. The molecule has 1 rings (SSSR count). The highest BCUT2D eigenvalue weighted by Crippen LogP contribution is 2.23. The third-order valence-electron chi connectivity index (χ3n) is 2.08. The van der Waals surface area contributed by atoms with Crippen LogP contribution in [0.5, 0.6) is 0 Å². The zero-order valence-corrected chi connectivity index (χ0v) is 10.7. The van der Waals surface area contributed by atoms with Crippen LogP contribution in [0.4, 0.5) is 0 Å². The molecule has 15 heavy (non-hydrogen) atoms. The molecule has 3 nitrogen and oxygen atoms in total. The zero-order valence-electron chi connectivity index (χ0n) is 9.08. The van der Waals surface area contributed by atoms with Gasteiger partial charge in [0.05, 0.1) is 5.69 Å². The quantitative estimate of drug-likeness (QED) is 0.793. The molecule has 1 aromatic rings. The van der Waals surface area contributed by atoms with E-state index in [9.17, 15) is 4.79 Å². The van der Waals surface area contributed by atoms with E-state index in [4.69, 9.17) is 4.74 Å². The third-order valence-corrected chi connectivity index (χ3v) is 2.91. The second-order valence-electron chi connectivity index (χ2n) is 3.36. The first-order valence-corrected chi connectivity index (χ1v) is 5.63. The van der Waals surface area contributed by atoms with Crippen LogP contribution in [-0.4, -0.2) is 11.0 Å². The van der Waals surface area contributed by atoms with Gasteiger partial charge in [0.25, 0.3) is 0 Å². The van der Waals surface area contributed by atoms with Crippen molar-refractivity contribution >= 4 is 21.9 Å². The minimum absolute atomic E-state index is 0.241. The maximum absolute atomic E-state index is 10.9. The zero-order chi connectivity index (χ0) is 11.4. The molecule has 1 atom stereocenters. The van der Waals surface area contributed by atoms with Gasteiger partial charge in [-0.05, 0) is 40.9 Å². The Labute approximate surface area is 98.0 Å². The molecule has 0 aliphatic rings. The normalized spacial score (nSPS) is 12.3. The minimum Gasteiger partial charge on any atom is -0.456 e. The van der Waals surface area contributed by atoms with Crippen molar-refractivity contribution in [2.24, 2.45) is 0 Å². The van der Waals surface area contributed by atoms with Crippen molar-refractivity contribution in [3.63, 3.8) is 0 Å². The van der Waals surface area contributed by atoms with E-state index >= 15 is 0 Å². The first kappa shape index (κ1) is 12.2. The van der Waals surface area contributed by atoms with Gasteiger partial charge in [-0.2, -0.15) is 0 Å². The molecule has 4 heteroatoms. The topological polar surface area (TPSA) is 39.2 Å². The number of esters is 1. The Hall–Kier alpha value is -0.900. The second-order valence-corrected chi connectivity index (χ2v) is 4.22. The van der Waals surface area contributed by atoms with Gasteiger partial charge in [-0.3, -0.25) is 9.78 Å². The lowest BCUT2D eigenvalue weighted by atomic mass is 10.1. The summed E-state index contributed by atoms with van der Waals surface area (Å²) in [5.41, 5.74) is 1.89. The second kappa shape index (κ2) is 5.26. The minimum atomic E-state index is -0.274. The fourth-order valence-electron chi connectivity index (χ4n) is 1.29. The van der Waals surface area contributed by atoms with E-state index in [0.717, 1.165) is 22.2 Å². The molecule has 0 amide bonds. The van der Waals surface area contributed by atoms with Gasteiger partial charge in [0.2, 0.25) is 0 Å². The van der Waals surface area contributed by atoms with Crippen LogP contribution in [0.15, 0.2) is 16.7 Å². The average molecular weight is 272 g/mol. The number of hydrogen-bond donors (Lipinski definition) is 0. The number of rotatable bonds is 3. The van der Waals surface area contributed by atoms with E-state index in [0.29, 0.717) is 0 Å². The van der Waals surface area contributed by atoms with E-state index in [1.165, 1.54) is 6.92 Å². The molecule has 0 aliphatic carbocycles. The fraction of sp³-hybridized carbons (Fsp3) is 0.455. The maximum Gasteiger partial charge on any atom is 0.303 e. The molecule has 0 fully saturated rings. The van der Waals surface area contributed by atoms with E-state index < -0.39 is 0 Å².